The number of pyridine rings is 1. The molecule has 0 aliphatic carbocycles. The number of ether oxygens (including phenoxy) is 1. The van der Waals surface area contributed by atoms with Gasteiger partial charge in [0, 0.05) is 18.1 Å². The number of nitrogens with zero attached hydrogens (tertiary/aromatic N) is 2. The molecule has 29 heavy (non-hydrogen) atoms. The molecule has 0 saturated carbocycles. The number of carbonyl (C=O) groups is 1. The first-order valence-corrected chi connectivity index (χ1v) is 9.14. The third-order valence-corrected chi connectivity index (χ3v) is 4.06. The van der Waals surface area contributed by atoms with E-state index in [9.17, 15) is 4.79 Å². The lowest BCUT2D eigenvalue weighted by Crippen LogP contribution is -2.31. The van der Waals surface area contributed by atoms with Crippen LogP contribution in [0.4, 0.5) is 0 Å². The summed E-state index contributed by atoms with van der Waals surface area (Å²) in [6.07, 6.45) is 4.95. The van der Waals surface area contributed by atoms with Crippen LogP contribution in [0, 0.1) is 0 Å². The smallest absolute Gasteiger partial charge is 0.254 e. The third kappa shape index (κ3) is 5.65. The first-order valence-electron chi connectivity index (χ1n) is 9.14. The lowest BCUT2D eigenvalue weighted by molar-refractivity contribution is -0.117. The first-order chi connectivity index (χ1) is 13.8. The molecule has 0 radical (unpaired) electrons. The Morgan fingerprint density at radius 1 is 1.28 bits per heavy atom. The second kappa shape index (κ2) is 10.0. The number of nitrogens with two attached hydrogens (primary N) is 1. The molecule has 150 valence electrons. The Morgan fingerprint density at radius 2 is 2.00 bits per heavy atom. The second-order valence-corrected chi connectivity index (χ2v) is 6.51. The molecule has 0 fully saturated rings. The van der Waals surface area contributed by atoms with Crippen LogP contribution in [0.5, 0.6) is 0 Å². The predicted molar refractivity (Wildman–Crippen MR) is 118 cm³/mol. The molecule has 1 heterocycles. The van der Waals surface area contributed by atoms with E-state index in [0.29, 0.717) is 18.0 Å². The molecule has 0 aliphatic rings. The number of benzene rings is 1. The van der Waals surface area contributed by atoms with E-state index >= 15 is 0 Å². The minimum atomic E-state index is -0.410. The minimum Gasteiger partial charge on any atom is -0.464 e. The molecule has 1 amide bonds. The van der Waals surface area contributed by atoms with Crippen LogP contribution in [0.15, 0.2) is 89.6 Å². The van der Waals surface area contributed by atoms with Gasteiger partial charge in [-0.25, -0.2) is 4.99 Å². The highest BCUT2D eigenvalue weighted by Gasteiger charge is 2.14. The highest BCUT2D eigenvalue weighted by molar-refractivity contribution is 6.19. The van der Waals surface area contributed by atoms with E-state index in [0.717, 1.165) is 22.0 Å². The van der Waals surface area contributed by atoms with Gasteiger partial charge in [-0.15, -0.1) is 0 Å². The molecule has 1 aromatic heterocycles. The summed E-state index contributed by atoms with van der Waals surface area (Å²) in [7, 11) is 0. The number of carbonyl (C=O) groups excluding carboxylic acids is 1. The number of nitrogens with one attached hydrogen (secondary N) is 1. The number of hydrogen-bond donors (Lipinski definition) is 2. The van der Waals surface area contributed by atoms with Crippen LogP contribution in [-0.2, 0) is 16.1 Å². The lowest BCUT2D eigenvalue weighted by atomic mass is 10.1. The summed E-state index contributed by atoms with van der Waals surface area (Å²) < 4.78 is 5.37. The van der Waals surface area contributed by atoms with Crippen molar-refractivity contribution in [3.63, 3.8) is 0 Å². The number of aromatic nitrogens is 1. The van der Waals surface area contributed by atoms with Gasteiger partial charge in [-0.2, -0.15) is 0 Å². The zero-order valence-corrected chi connectivity index (χ0v) is 17.0. The van der Waals surface area contributed by atoms with E-state index in [1.54, 1.807) is 12.3 Å². The molecule has 0 atom stereocenters. The maximum Gasteiger partial charge on any atom is 0.254 e. The minimum absolute atomic E-state index is 0.0000252. The second-order valence-electron chi connectivity index (χ2n) is 6.51. The van der Waals surface area contributed by atoms with Crippen LogP contribution < -0.4 is 11.1 Å². The molecule has 0 saturated heterocycles. The summed E-state index contributed by atoms with van der Waals surface area (Å²) in [4.78, 5) is 21.2. The van der Waals surface area contributed by atoms with Crippen molar-refractivity contribution in [3.05, 3.63) is 90.2 Å². The predicted octanol–water partition coefficient (Wildman–Crippen LogP) is 4.12. The van der Waals surface area contributed by atoms with E-state index in [2.05, 4.69) is 28.5 Å². The van der Waals surface area contributed by atoms with Gasteiger partial charge in [0.1, 0.15) is 17.3 Å². The standard InChI is InChI=1S/C23H26N4O2/c1-6-13-29-17(5)20(15(2)3)27-22(24)16(4)23(28)26-14-19-10-7-9-18-11-8-12-25-21(18)19/h6-13H,4-5,14H2,1-3H3,(H2,24,27)(H,26,28)/b13-6-. The van der Waals surface area contributed by atoms with Crippen molar-refractivity contribution in [2.45, 2.75) is 27.3 Å². The number of hydrogen-bond acceptors (Lipinski definition) is 4. The molecule has 0 spiro atoms. The van der Waals surface area contributed by atoms with Gasteiger partial charge in [-0.3, -0.25) is 9.78 Å². The van der Waals surface area contributed by atoms with Gasteiger partial charge in [-0.1, -0.05) is 43.5 Å². The van der Waals surface area contributed by atoms with Crippen LogP contribution >= 0.6 is 0 Å². The Hall–Kier alpha value is -3.67. The van der Waals surface area contributed by atoms with Gasteiger partial charge < -0.3 is 15.8 Å². The first kappa shape index (κ1) is 21.6. The quantitative estimate of drug-likeness (QED) is 0.233. The zero-order chi connectivity index (χ0) is 21.4. The Labute approximate surface area is 171 Å². The molecule has 3 N–H and O–H groups in total. The van der Waals surface area contributed by atoms with Gasteiger partial charge in [0.2, 0.25) is 0 Å². The van der Waals surface area contributed by atoms with Gasteiger partial charge >= 0.3 is 0 Å². The average Bonchev–Trinajstić information content (AvgIpc) is 2.72. The molecular weight excluding hydrogens is 364 g/mol. The maximum atomic E-state index is 12.5. The maximum absolute atomic E-state index is 12.5. The summed E-state index contributed by atoms with van der Waals surface area (Å²) in [6.45, 7) is 13.4. The third-order valence-electron chi connectivity index (χ3n) is 4.06. The van der Waals surface area contributed by atoms with Gasteiger partial charge in [-0.05, 0) is 38.0 Å². The molecule has 6 nitrogen and oxygen atoms in total. The topological polar surface area (TPSA) is 89.6 Å². The molecule has 2 aromatic rings. The fourth-order valence-electron chi connectivity index (χ4n) is 2.56. The van der Waals surface area contributed by atoms with E-state index in [4.69, 9.17) is 10.5 Å². The van der Waals surface area contributed by atoms with Crippen molar-refractivity contribution >= 4 is 22.6 Å². The zero-order valence-electron chi connectivity index (χ0n) is 17.0. The SMILES string of the molecule is C=C(O/C=C\C)C(N=C(N)C(=C)C(=O)NCc1cccc2cccnc12)=C(C)C. The average molecular weight is 390 g/mol. The van der Waals surface area contributed by atoms with Crippen LogP contribution in [0.2, 0.25) is 0 Å². The number of amidine groups is 1. The van der Waals surface area contributed by atoms with E-state index < -0.39 is 5.91 Å². The molecule has 0 bridgehead atoms. The Kier molecular flexibility index (Phi) is 7.48. The van der Waals surface area contributed by atoms with Gasteiger partial charge in [0.05, 0.1) is 17.4 Å². The van der Waals surface area contributed by atoms with E-state index in [1.807, 2.05) is 51.1 Å². The summed E-state index contributed by atoms with van der Waals surface area (Å²) >= 11 is 0. The van der Waals surface area contributed by atoms with Crippen molar-refractivity contribution in [1.29, 1.82) is 0 Å². The van der Waals surface area contributed by atoms with Crippen molar-refractivity contribution in [1.82, 2.24) is 10.3 Å². The number of amides is 1. The van der Waals surface area contributed by atoms with E-state index in [1.165, 1.54) is 6.26 Å². The normalized spacial score (nSPS) is 11.3. The van der Waals surface area contributed by atoms with Crippen molar-refractivity contribution in [2.75, 3.05) is 0 Å². The van der Waals surface area contributed by atoms with Gasteiger partial charge in [0.15, 0.2) is 0 Å². The molecule has 0 aliphatic heterocycles. The Bertz CT molecular complexity index is 1020. The Balaban J connectivity index is 2.12. The summed E-state index contributed by atoms with van der Waals surface area (Å²) in [5, 5.41) is 3.82. The Morgan fingerprint density at radius 3 is 2.69 bits per heavy atom. The molecule has 0 unspecified atom stereocenters. The lowest BCUT2D eigenvalue weighted by Gasteiger charge is -2.11. The fraction of sp³-hybridized carbons (Fsp3) is 0.174. The van der Waals surface area contributed by atoms with Crippen molar-refractivity contribution in [3.8, 4) is 0 Å². The number of aliphatic imine (C=N–C) groups is 1. The van der Waals surface area contributed by atoms with Crippen molar-refractivity contribution < 1.29 is 9.53 Å². The molecule has 6 heteroatoms. The molecule has 2 rings (SSSR count). The largest absolute Gasteiger partial charge is 0.464 e. The van der Waals surface area contributed by atoms with Crippen LogP contribution in [0.3, 0.4) is 0 Å². The summed E-state index contributed by atoms with van der Waals surface area (Å²) in [5.41, 5.74) is 9.13. The van der Waals surface area contributed by atoms with Crippen LogP contribution in [0.25, 0.3) is 10.9 Å². The highest BCUT2D eigenvalue weighted by atomic mass is 16.5. The van der Waals surface area contributed by atoms with Crippen molar-refractivity contribution in [2.24, 2.45) is 10.7 Å². The number of fused-ring (bicyclic) bond motifs is 1. The number of rotatable bonds is 8. The summed E-state index contributed by atoms with van der Waals surface area (Å²) in [6, 6.07) is 9.66. The fourth-order valence-corrected chi connectivity index (χ4v) is 2.56. The van der Waals surface area contributed by atoms with Crippen LogP contribution in [-0.4, -0.2) is 16.7 Å². The summed E-state index contributed by atoms with van der Waals surface area (Å²) in [5.74, 6) is -0.0756. The number of allylic oxidation sites excluding steroid dienone is 2. The van der Waals surface area contributed by atoms with Crippen LogP contribution in [0.1, 0.15) is 26.3 Å². The molecule has 1 aromatic carbocycles. The highest BCUT2D eigenvalue weighted by Crippen LogP contribution is 2.18. The monoisotopic (exact) mass is 390 g/mol. The van der Waals surface area contributed by atoms with E-state index in [-0.39, 0.29) is 11.4 Å². The number of para-hydroxylation sites is 1. The van der Waals surface area contributed by atoms with Gasteiger partial charge in [0.25, 0.3) is 5.91 Å². The molecular formula is C23H26N4O2.